The maximum absolute atomic E-state index is 9.28. The Bertz CT molecular complexity index is 552. The molecule has 1 aromatic carbocycles. The number of aliphatic hydroxyl groups is 1. The number of aliphatic hydroxyl groups excluding tert-OH is 1. The number of ether oxygens (including phenoxy) is 1. The number of hydrogen-bond acceptors (Lipinski definition) is 3. The van der Waals surface area contributed by atoms with Crippen LogP contribution in [0, 0.1) is 6.92 Å². The summed E-state index contributed by atoms with van der Waals surface area (Å²) in [6.07, 6.45) is 0. The van der Waals surface area contributed by atoms with E-state index >= 15 is 0 Å². The molecule has 18 heavy (non-hydrogen) atoms. The van der Waals surface area contributed by atoms with Crippen LogP contribution in [-0.2, 0) is 20.3 Å². The highest BCUT2D eigenvalue weighted by Gasteiger charge is 2.09. The van der Waals surface area contributed by atoms with Gasteiger partial charge in [-0.1, -0.05) is 12.1 Å². The summed E-state index contributed by atoms with van der Waals surface area (Å²) in [7, 11) is 1.89. The highest BCUT2D eigenvalue weighted by Crippen LogP contribution is 2.29. The number of hydrogen-bond donors (Lipinski definition) is 1. The maximum Gasteiger partial charge on any atom is 0.139 e. The molecule has 0 fully saturated rings. The van der Waals surface area contributed by atoms with Crippen molar-refractivity contribution in [2.75, 3.05) is 0 Å². The van der Waals surface area contributed by atoms with Crippen molar-refractivity contribution >= 4 is 15.9 Å². The molecule has 5 heteroatoms. The lowest BCUT2D eigenvalue weighted by Gasteiger charge is -2.11. The molecule has 0 saturated heterocycles. The first-order valence-corrected chi connectivity index (χ1v) is 6.41. The summed E-state index contributed by atoms with van der Waals surface area (Å²) >= 11 is 3.43. The number of halogens is 1. The van der Waals surface area contributed by atoms with E-state index in [1.54, 1.807) is 4.68 Å². The van der Waals surface area contributed by atoms with Gasteiger partial charge in [0.15, 0.2) is 0 Å². The zero-order valence-electron chi connectivity index (χ0n) is 10.4. The molecule has 1 aromatic heterocycles. The minimum atomic E-state index is -0.0425. The van der Waals surface area contributed by atoms with Gasteiger partial charge < -0.3 is 9.84 Å². The quantitative estimate of drug-likeness (QED) is 0.944. The molecule has 2 rings (SSSR count). The van der Waals surface area contributed by atoms with E-state index in [2.05, 4.69) is 21.0 Å². The molecule has 2 aromatic rings. The minimum absolute atomic E-state index is 0.0425. The van der Waals surface area contributed by atoms with Crippen LogP contribution in [0.3, 0.4) is 0 Å². The smallest absolute Gasteiger partial charge is 0.139 e. The van der Waals surface area contributed by atoms with Crippen molar-refractivity contribution in [1.82, 2.24) is 9.78 Å². The fourth-order valence-corrected chi connectivity index (χ4v) is 2.31. The van der Waals surface area contributed by atoms with Crippen LogP contribution in [0.25, 0.3) is 0 Å². The Morgan fingerprint density at radius 1 is 1.44 bits per heavy atom. The Morgan fingerprint density at radius 2 is 2.22 bits per heavy atom. The van der Waals surface area contributed by atoms with E-state index in [1.807, 2.05) is 38.2 Å². The first-order valence-electron chi connectivity index (χ1n) is 5.62. The second-order valence-electron chi connectivity index (χ2n) is 4.08. The first-order chi connectivity index (χ1) is 8.61. The van der Waals surface area contributed by atoms with E-state index in [4.69, 9.17) is 4.74 Å². The van der Waals surface area contributed by atoms with Gasteiger partial charge in [0, 0.05) is 12.6 Å². The zero-order valence-corrected chi connectivity index (χ0v) is 11.9. The predicted octanol–water partition coefficient (Wildman–Crippen LogP) is 2.56. The number of aryl methyl sites for hydroxylation is 2. The third-order valence-corrected chi connectivity index (χ3v) is 3.31. The molecular formula is C13H15BrN2O2. The van der Waals surface area contributed by atoms with Crippen molar-refractivity contribution < 1.29 is 9.84 Å². The van der Waals surface area contributed by atoms with Crippen LogP contribution < -0.4 is 4.74 Å². The molecule has 0 unspecified atom stereocenters. The maximum atomic E-state index is 9.28. The second-order valence-corrected chi connectivity index (χ2v) is 4.93. The fourth-order valence-electron chi connectivity index (χ4n) is 1.79. The Balaban J connectivity index is 2.17. The van der Waals surface area contributed by atoms with Gasteiger partial charge in [0.05, 0.1) is 22.5 Å². The van der Waals surface area contributed by atoms with Gasteiger partial charge in [0.1, 0.15) is 12.4 Å². The predicted molar refractivity (Wildman–Crippen MR) is 72.3 cm³/mol. The van der Waals surface area contributed by atoms with E-state index in [9.17, 15) is 5.11 Å². The summed E-state index contributed by atoms with van der Waals surface area (Å²) in [6, 6.07) is 7.59. The number of para-hydroxylation sites is 1. The van der Waals surface area contributed by atoms with Gasteiger partial charge >= 0.3 is 0 Å². The summed E-state index contributed by atoms with van der Waals surface area (Å²) in [6.45, 7) is 2.33. The van der Waals surface area contributed by atoms with E-state index < -0.39 is 0 Å². The molecule has 0 atom stereocenters. The van der Waals surface area contributed by atoms with Crippen LogP contribution in [0.2, 0.25) is 0 Å². The highest BCUT2D eigenvalue weighted by atomic mass is 79.9. The van der Waals surface area contributed by atoms with E-state index in [-0.39, 0.29) is 6.61 Å². The topological polar surface area (TPSA) is 47.3 Å². The van der Waals surface area contributed by atoms with E-state index in [1.165, 1.54) is 0 Å². The van der Waals surface area contributed by atoms with E-state index in [0.717, 1.165) is 21.4 Å². The lowest BCUT2D eigenvalue weighted by molar-refractivity contribution is 0.254. The summed E-state index contributed by atoms with van der Waals surface area (Å²) in [5, 5.41) is 13.5. The number of rotatable bonds is 4. The largest absolute Gasteiger partial charge is 0.486 e. The molecule has 0 spiro atoms. The Labute approximate surface area is 114 Å². The lowest BCUT2D eigenvalue weighted by atomic mass is 10.2. The van der Waals surface area contributed by atoms with Gasteiger partial charge in [-0.2, -0.15) is 5.10 Å². The molecule has 0 bridgehead atoms. The summed E-state index contributed by atoms with van der Waals surface area (Å²) in [5.74, 6) is 0.679. The molecule has 0 aliphatic rings. The van der Waals surface area contributed by atoms with Gasteiger partial charge in [0.2, 0.25) is 0 Å². The van der Waals surface area contributed by atoms with Gasteiger partial charge in [-0.25, -0.2) is 0 Å². The highest BCUT2D eigenvalue weighted by molar-refractivity contribution is 9.10. The Kier molecular flexibility index (Phi) is 4.04. The summed E-state index contributed by atoms with van der Waals surface area (Å²) in [5.41, 5.74) is 2.72. The van der Waals surface area contributed by atoms with Gasteiger partial charge in [-0.3, -0.25) is 4.68 Å². The van der Waals surface area contributed by atoms with Crippen LogP contribution in [-0.4, -0.2) is 14.9 Å². The summed E-state index contributed by atoms with van der Waals surface area (Å²) < 4.78 is 8.41. The van der Waals surface area contributed by atoms with Crippen molar-refractivity contribution in [3.8, 4) is 5.75 Å². The van der Waals surface area contributed by atoms with Crippen molar-refractivity contribution in [3.63, 3.8) is 0 Å². The standard InChI is InChI=1S/C13H15BrN2O2/c1-9-6-11(16(2)15-9)8-18-13-10(7-17)4-3-5-12(13)14/h3-6,17H,7-8H2,1-2H3. The molecule has 0 aliphatic carbocycles. The van der Waals surface area contributed by atoms with Crippen LogP contribution in [0.1, 0.15) is 17.0 Å². The van der Waals surface area contributed by atoms with Crippen molar-refractivity contribution in [2.45, 2.75) is 20.1 Å². The Morgan fingerprint density at radius 3 is 2.83 bits per heavy atom. The molecule has 96 valence electrons. The van der Waals surface area contributed by atoms with Crippen molar-refractivity contribution in [2.24, 2.45) is 7.05 Å². The molecule has 1 N–H and O–H groups in total. The SMILES string of the molecule is Cc1cc(COc2c(Br)cccc2CO)n(C)n1. The zero-order chi connectivity index (χ0) is 13.1. The first kappa shape index (κ1) is 13.1. The molecule has 4 nitrogen and oxygen atoms in total. The molecule has 0 aliphatic heterocycles. The monoisotopic (exact) mass is 310 g/mol. The average Bonchev–Trinajstić information content (AvgIpc) is 2.66. The molecule has 0 amide bonds. The molecule has 0 radical (unpaired) electrons. The minimum Gasteiger partial charge on any atom is -0.486 e. The van der Waals surface area contributed by atoms with Crippen molar-refractivity contribution in [3.05, 3.63) is 45.7 Å². The lowest BCUT2D eigenvalue weighted by Crippen LogP contribution is -2.04. The van der Waals surface area contributed by atoms with Crippen LogP contribution in [0.5, 0.6) is 5.75 Å². The molecule has 0 saturated carbocycles. The van der Waals surface area contributed by atoms with Crippen LogP contribution >= 0.6 is 15.9 Å². The number of nitrogens with zero attached hydrogens (tertiary/aromatic N) is 2. The van der Waals surface area contributed by atoms with Crippen LogP contribution in [0.4, 0.5) is 0 Å². The van der Waals surface area contributed by atoms with Gasteiger partial charge in [0.25, 0.3) is 0 Å². The fraction of sp³-hybridized carbons (Fsp3) is 0.308. The van der Waals surface area contributed by atoms with Gasteiger partial charge in [-0.05, 0) is 35.0 Å². The Hall–Kier alpha value is -1.33. The van der Waals surface area contributed by atoms with E-state index in [0.29, 0.717) is 12.4 Å². The molecular weight excluding hydrogens is 296 g/mol. The number of aromatic nitrogens is 2. The van der Waals surface area contributed by atoms with Crippen LogP contribution in [0.15, 0.2) is 28.7 Å². The normalized spacial score (nSPS) is 10.7. The summed E-state index contributed by atoms with van der Waals surface area (Å²) in [4.78, 5) is 0. The second kappa shape index (κ2) is 5.54. The number of benzene rings is 1. The third-order valence-electron chi connectivity index (χ3n) is 2.68. The van der Waals surface area contributed by atoms with Gasteiger partial charge in [-0.15, -0.1) is 0 Å². The molecule has 1 heterocycles. The van der Waals surface area contributed by atoms with Crippen molar-refractivity contribution in [1.29, 1.82) is 0 Å². The third kappa shape index (κ3) is 2.73. The average molecular weight is 311 g/mol.